The van der Waals surface area contributed by atoms with Crippen molar-refractivity contribution in [1.82, 2.24) is 0 Å². The predicted octanol–water partition coefficient (Wildman–Crippen LogP) is 7.30. The van der Waals surface area contributed by atoms with Gasteiger partial charge in [0.25, 0.3) is 0 Å². The van der Waals surface area contributed by atoms with E-state index in [0.29, 0.717) is 39.6 Å². The zero-order chi connectivity index (χ0) is 25.4. The van der Waals surface area contributed by atoms with Gasteiger partial charge in [-0.2, -0.15) is 0 Å². The van der Waals surface area contributed by atoms with E-state index in [2.05, 4.69) is 109 Å². The summed E-state index contributed by atoms with van der Waals surface area (Å²) in [5.41, 5.74) is 7.08. The Bertz CT molecular complexity index is 1040. The van der Waals surface area contributed by atoms with E-state index in [0.717, 1.165) is 0 Å². The summed E-state index contributed by atoms with van der Waals surface area (Å²) >= 11 is 0. The van der Waals surface area contributed by atoms with E-state index in [-0.39, 0.29) is 0 Å². The molecule has 0 radical (unpaired) electrons. The third-order valence-electron chi connectivity index (χ3n) is 5.89. The van der Waals surface area contributed by atoms with Crippen LogP contribution in [0.5, 0.6) is 0 Å². The molecule has 0 atom stereocenters. The van der Waals surface area contributed by atoms with E-state index < -0.39 is 0 Å². The van der Waals surface area contributed by atoms with Gasteiger partial charge in [-0.05, 0) is 33.4 Å². The van der Waals surface area contributed by atoms with E-state index in [1.807, 2.05) is 24.3 Å². The first-order chi connectivity index (χ1) is 18.4. The van der Waals surface area contributed by atoms with Gasteiger partial charge in [0.05, 0.1) is 39.6 Å². The lowest BCUT2D eigenvalue weighted by atomic mass is 9.98. The van der Waals surface area contributed by atoms with Gasteiger partial charge in [-0.3, -0.25) is 0 Å². The summed E-state index contributed by atoms with van der Waals surface area (Å²) in [4.78, 5) is 0. The molecule has 0 aliphatic carbocycles. The largest absolute Gasteiger partial charge is 0.377 e. The third kappa shape index (κ3) is 8.69. The van der Waals surface area contributed by atoms with Gasteiger partial charge < -0.3 is 14.2 Å². The minimum absolute atomic E-state index is 0.533. The highest BCUT2D eigenvalue weighted by Gasteiger charge is 2.05. The molecule has 0 aliphatic heterocycles. The van der Waals surface area contributed by atoms with Crippen LogP contribution in [0.1, 0.15) is 22.3 Å². The lowest BCUT2D eigenvalue weighted by molar-refractivity contribution is 0.0253. The highest BCUT2D eigenvalue weighted by molar-refractivity contribution is 5.80. The molecule has 4 aromatic carbocycles. The zero-order valence-electron chi connectivity index (χ0n) is 21.2. The minimum atomic E-state index is 0.533. The maximum absolute atomic E-state index is 5.81. The normalized spacial score (nSPS) is 10.6. The SMILES string of the molecule is C(COCCOCCOCC=C(c1ccccc1)c1ccccc1)=C(c1ccccc1)c1ccccc1. The van der Waals surface area contributed by atoms with Crippen molar-refractivity contribution in [3.8, 4) is 0 Å². The van der Waals surface area contributed by atoms with Gasteiger partial charge in [0.2, 0.25) is 0 Å². The van der Waals surface area contributed by atoms with E-state index in [4.69, 9.17) is 14.2 Å². The molecule has 0 saturated carbocycles. The van der Waals surface area contributed by atoms with Crippen molar-refractivity contribution in [3.63, 3.8) is 0 Å². The summed E-state index contributed by atoms with van der Waals surface area (Å²) in [7, 11) is 0. The Morgan fingerprint density at radius 1 is 0.378 bits per heavy atom. The van der Waals surface area contributed by atoms with Crippen LogP contribution in [0.3, 0.4) is 0 Å². The Labute approximate surface area is 220 Å². The quantitative estimate of drug-likeness (QED) is 0.174. The van der Waals surface area contributed by atoms with Crippen LogP contribution in [-0.2, 0) is 14.2 Å². The molecule has 3 heteroatoms. The predicted molar refractivity (Wildman–Crippen MR) is 152 cm³/mol. The van der Waals surface area contributed by atoms with Crippen molar-refractivity contribution in [2.45, 2.75) is 0 Å². The summed E-state index contributed by atoms with van der Waals surface area (Å²) in [5, 5.41) is 0. The van der Waals surface area contributed by atoms with Crippen LogP contribution in [0.2, 0.25) is 0 Å². The van der Waals surface area contributed by atoms with Crippen molar-refractivity contribution in [2.24, 2.45) is 0 Å². The first-order valence-corrected chi connectivity index (χ1v) is 12.8. The Hall–Kier alpha value is -3.76. The van der Waals surface area contributed by atoms with Crippen LogP contribution in [0.15, 0.2) is 133 Å². The summed E-state index contributed by atoms with van der Waals surface area (Å²) < 4.78 is 17.3. The lowest BCUT2D eigenvalue weighted by Crippen LogP contribution is -2.09. The average molecular weight is 491 g/mol. The van der Waals surface area contributed by atoms with Crippen LogP contribution in [0.4, 0.5) is 0 Å². The molecule has 3 nitrogen and oxygen atoms in total. The molecule has 0 unspecified atom stereocenters. The van der Waals surface area contributed by atoms with Crippen LogP contribution in [0, 0.1) is 0 Å². The smallest absolute Gasteiger partial charge is 0.0704 e. The fourth-order valence-corrected chi connectivity index (χ4v) is 4.06. The molecule has 188 valence electrons. The molecule has 0 saturated heterocycles. The molecule has 0 N–H and O–H groups in total. The zero-order valence-corrected chi connectivity index (χ0v) is 21.2. The maximum atomic E-state index is 5.81. The number of hydrogen-bond donors (Lipinski definition) is 0. The molecule has 0 amide bonds. The highest BCUT2D eigenvalue weighted by Crippen LogP contribution is 2.24. The first kappa shape index (κ1) is 26.3. The number of hydrogen-bond acceptors (Lipinski definition) is 3. The molecule has 4 rings (SSSR count). The highest BCUT2D eigenvalue weighted by atomic mass is 16.5. The Morgan fingerprint density at radius 3 is 0.946 bits per heavy atom. The monoisotopic (exact) mass is 490 g/mol. The minimum Gasteiger partial charge on any atom is -0.377 e. The Morgan fingerprint density at radius 2 is 0.649 bits per heavy atom. The second-order valence-electron chi connectivity index (χ2n) is 8.46. The van der Waals surface area contributed by atoms with Crippen LogP contribution >= 0.6 is 0 Å². The van der Waals surface area contributed by atoms with Gasteiger partial charge >= 0.3 is 0 Å². The van der Waals surface area contributed by atoms with Crippen molar-refractivity contribution in [3.05, 3.63) is 156 Å². The molecule has 0 aromatic heterocycles. The van der Waals surface area contributed by atoms with Crippen molar-refractivity contribution >= 4 is 11.1 Å². The molecule has 0 spiro atoms. The lowest BCUT2D eigenvalue weighted by Gasteiger charge is -2.10. The number of rotatable bonds is 14. The molecule has 0 fully saturated rings. The molecule has 0 bridgehead atoms. The summed E-state index contributed by atoms with van der Waals surface area (Å²) in [6, 6.07) is 41.6. The standard InChI is InChI=1S/C34H34O3/c1-5-13-29(14-6-1)33(30-15-7-2-8-16-30)21-23-35-25-27-37-28-26-36-24-22-34(31-17-9-3-10-18-31)32-19-11-4-12-20-32/h1-22H,23-28H2. The van der Waals surface area contributed by atoms with Gasteiger partial charge in [-0.1, -0.05) is 133 Å². The maximum Gasteiger partial charge on any atom is 0.0704 e. The van der Waals surface area contributed by atoms with E-state index in [1.54, 1.807) is 0 Å². The summed E-state index contributed by atoms with van der Waals surface area (Å²) in [6.45, 7) is 3.23. The topological polar surface area (TPSA) is 27.7 Å². The van der Waals surface area contributed by atoms with Gasteiger partial charge in [-0.15, -0.1) is 0 Å². The van der Waals surface area contributed by atoms with Gasteiger partial charge in [-0.25, -0.2) is 0 Å². The van der Waals surface area contributed by atoms with E-state index in [9.17, 15) is 0 Å². The molecular formula is C34H34O3. The van der Waals surface area contributed by atoms with Crippen molar-refractivity contribution < 1.29 is 14.2 Å². The Kier molecular flexibility index (Phi) is 10.9. The summed E-state index contributed by atoms with van der Waals surface area (Å²) in [6.07, 6.45) is 4.27. The first-order valence-electron chi connectivity index (χ1n) is 12.8. The molecule has 37 heavy (non-hydrogen) atoms. The fraction of sp³-hybridized carbons (Fsp3) is 0.176. The van der Waals surface area contributed by atoms with Crippen LogP contribution < -0.4 is 0 Å². The van der Waals surface area contributed by atoms with Crippen LogP contribution in [-0.4, -0.2) is 39.6 Å². The van der Waals surface area contributed by atoms with Crippen molar-refractivity contribution in [2.75, 3.05) is 39.6 Å². The van der Waals surface area contributed by atoms with Crippen molar-refractivity contribution in [1.29, 1.82) is 0 Å². The molecular weight excluding hydrogens is 456 g/mol. The molecule has 0 heterocycles. The van der Waals surface area contributed by atoms with Gasteiger partial charge in [0.1, 0.15) is 0 Å². The average Bonchev–Trinajstić information content (AvgIpc) is 2.97. The van der Waals surface area contributed by atoms with Crippen LogP contribution in [0.25, 0.3) is 11.1 Å². The second kappa shape index (κ2) is 15.4. The second-order valence-corrected chi connectivity index (χ2v) is 8.46. The number of ether oxygens (including phenoxy) is 3. The van der Waals surface area contributed by atoms with E-state index in [1.165, 1.54) is 33.4 Å². The molecule has 0 aliphatic rings. The summed E-state index contributed by atoms with van der Waals surface area (Å²) in [5.74, 6) is 0. The van der Waals surface area contributed by atoms with E-state index >= 15 is 0 Å². The fourth-order valence-electron chi connectivity index (χ4n) is 4.06. The molecule has 4 aromatic rings. The number of benzene rings is 4. The third-order valence-corrected chi connectivity index (χ3v) is 5.89. The van der Waals surface area contributed by atoms with Gasteiger partial charge in [0.15, 0.2) is 0 Å². The Balaban J connectivity index is 1.16. The van der Waals surface area contributed by atoms with Gasteiger partial charge in [0, 0.05) is 0 Å².